The predicted octanol–water partition coefficient (Wildman–Crippen LogP) is 3.31. The maximum Gasteiger partial charge on any atom is 0.103 e. The summed E-state index contributed by atoms with van der Waals surface area (Å²) in [6.45, 7) is 7.53. The standard InChI is InChI=1S/C17H31N3/c1-3-19-17(2,14-18)11-4-5-12-20-13-7-9-15-8-6-10-16(15)20/h15-16,19H,3-13H2,1-2H3. The van der Waals surface area contributed by atoms with E-state index in [2.05, 4.69) is 23.2 Å². The summed E-state index contributed by atoms with van der Waals surface area (Å²) >= 11 is 0. The molecule has 1 saturated heterocycles. The molecule has 114 valence electrons. The molecule has 1 N–H and O–H groups in total. The number of rotatable bonds is 7. The zero-order valence-electron chi connectivity index (χ0n) is 13.3. The SMILES string of the molecule is CCNC(C)(C#N)CCCCN1CCCC2CCCC21. The summed E-state index contributed by atoms with van der Waals surface area (Å²) < 4.78 is 0. The van der Waals surface area contributed by atoms with E-state index < -0.39 is 0 Å². The van der Waals surface area contributed by atoms with Crippen LogP contribution in [0.1, 0.15) is 65.2 Å². The first-order valence-corrected chi connectivity index (χ1v) is 8.59. The van der Waals surface area contributed by atoms with Gasteiger partial charge in [-0.3, -0.25) is 5.32 Å². The minimum atomic E-state index is -0.327. The number of nitriles is 1. The normalized spacial score (nSPS) is 29.6. The molecule has 3 nitrogen and oxygen atoms in total. The van der Waals surface area contributed by atoms with Gasteiger partial charge in [0.15, 0.2) is 0 Å². The highest BCUT2D eigenvalue weighted by atomic mass is 15.2. The quantitative estimate of drug-likeness (QED) is 0.726. The summed E-state index contributed by atoms with van der Waals surface area (Å²) in [5.41, 5.74) is -0.327. The molecule has 2 fully saturated rings. The minimum absolute atomic E-state index is 0.327. The van der Waals surface area contributed by atoms with Gasteiger partial charge in [-0.15, -0.1) is 0 Å². The van der Waals surface area contributed by atoms with Crippen LogP contribution in [0.2, 0.25) is 0 Å². The Morgan fingerprint density at radius 3 is 2.80 bits per heavy atom. The van der Waals surface area contributed by atoms with Crippen LogP contribution in [0.3, 0.4) is 0 Å². The number of unbranched alkanes of at least 4 members (excludes halogenated alkanes) is 1. The fourth-order valence-corrected chi connectivity index (χ4v) is 4.20. The molecule has 3 unspecified atom stereocenters. The Morgan fingerprint density at radius 1 is 1.25 bits per heavy atom. The molecule has 1 heterocycles. The minimum Gasteiger partial charge on any atom is -0.300 e. The summed E-state index contributed by atoms with van der Waals surface area (Å²) in [5.74, 6) is 0.995. The van der Waals surface area contributed by atoms with Crippen molar-refractivity contribution in [1.29, 1.82) is 5.26 Å². The van der Waals surface area contributed by atoms with E-state index in [0.717, 1.165) is 31.3 Å². The number of nitrogens with zero attached hydrogens (tertiary/aromatic N) is 2. The number of fused-ring (bicyclic) bond motifs is 1. The van der Waals surface area contributed by atoms with Crippen LogP contribution >= 0.6 is 0 Å². The van der Waals surface area contributed by atoms with Gasteiger partial charge in [-0.05, 0) is 77.4 Å². The highest BCUT2D eigenvalue weighted by molar-refractivity contribution is 5.03. The first kappa shape index (κ1) is 15.8. The predicted molar refractivity (Wildman–Crippen MR) is 83.5 cm³/mol. The maximum absolute atomic E-state index is 9.26. The van der Waals surface area contributed by atoms with Crippen LogP contribution in [0.15, 0.2) is 0 Å². The molecule has 0 aromatic heterocycles. The first-order chi connectivity index (χ1) is 9.68. The Hall–Kier alpha value is -0.590. The topological polar surface area (TPSA) is 39.1 Å². The Kier molecular flexibility index (Phi) is 5.86. The average molecular weight is 277 g/mol. The Balaban J connectivity index is 1.69. The van der Waals surface area contributed by atoms with Crippen molar-refractivity contribution in [1.82, 2.24) is 10.2 Å². The number of piperidine rings is 1. The fraction of sp³-hybridized carbons (Fsp3) is 0.941. The third-order valence-electron chi connectivity index (χ3n) is 5.29. The van der Waals surface area contributed by atoms with Crippen molar-refractivity contribution >= 4 is 0 Å². The number of nitrogens with one attached hydrogen (secondary N) is 1. The van der Waals surface area contributed by atoms with Crippen molar-refractivity contribution in [3.05, 3.63) is 0 Å². The molecule has 2 rings (SSSR count). The van der Waals surface area contributed by atoms with Gasteiger partial charge in [-0.2, -0.15) is 5.26 Å². The Bertz CT molecular complexity index is 336. The van der Waals surface area contributed by atoms with Crippen LogP contribution in [0.5, 0.6) is 0 Å². The van der Waals surface area contributed by atoms with E-state index in [9.17, 15) is 5.26 Å². The molecular weight excluding hydrogens is 246 g/mol. The Morgan fingerprint density at radius 2 is 2.05 bits per heavy atom. The summed E-state index contributed by atoms with van der Waals surface area (Å²) in [4.78, 5) is 2.75. The lowest BCUT2D eigenvalue weighted by Crippen LogP contribution is -2.43. The van der Waals surface area contributed by atoms with Gasteiger partial charge in [0.05, 0.1) is 6.07 Å². The lowest BCUT2D eigenvalue weighted by Gasteiger charge is -2.38. The largest absolute Gasteiger partial charge is 0.300 e. The zero-order valence-corrected chi connectivity index (χ0v) is 13.3. The molecule has 3 heteroatoms. The zero-order chi connectivity index (χ0) is 14.4. The summed E-state index contributed by atoms with van der Waals surface area (Å²) in [6.07, 6.45) is 10.6. The van der Waals surface area contributed by atoms with E-state index in [4.69, 9.17) is 0 Å². The van der Waals surface area contributed by atoms with Gasteiger partial charge in [0.1, 0.15) is 5.54 Å². The van der Waals surface area contributed by atoms with Crippen molar-refractivity contribution in [2.24, 2.45) is 5.92 Å². The molecule has 1 aliphatic heterocycles. The second-order valence-corrected chi connectivity index (χ2v) is 6.87. The highest BCUT2D eigenvalue weighted by Crippen LogP contribution is 2.36. The summed E-state index contributed by atoms with van der Waals surface area (Å²) in [7, 11) is 0. The van der Waals surface area contributed by atoms with Crippen molar-refractivity contribution in [2.45, 2.75) is 76.8 Å². The number of hydrogen-bond acceptors (Lipinski definition) is 3. The second kappa shape index (κ2) is 7.43. The third-order valence-corrected chi connectivity index (χ3v) is 5.29. The van der Waals surface area contributed by atoms with Crippen LogP contribution in [-0.2, 0) is 0 Å². The molecular formula is C17H31N3. The van der Waals surface area contributed by atoms with Crippen LogP contribution < -0.4 is 5.32 Å². The van der Waals surface area contributed by atoms with Gasteiger partial charge in [-0.1, -0.05) is 13.3 Å². The molecule has 1 saturated carbocycles. The van der Waals surface area contributed by atoms with Crippen molar-refractivity contribution in [3.63, 3.8) is 0 Å². The molecule has 1 aliphatic carbocycles. The van der Waals surface area contributed by atoms with Gasteiger partial charge in [-0.25, -0.2) is 0 Å². The third kappa shape index (κ3) is 3.96. The van der Waals surface area contributed by atoms with Crippen molar-refractivity contribution in [3.8, 4) is 6.07 Å². The van der Waals surface area contributed by atoms with E-state index >= 15 is 0 Å². The fourth-order valence-electron chi connectivity index (χ4n) is 4.20. The molecule has 3 atom stereocenters. The lowest BCUT2D eigenvalue weighted by atomic mass is 9.91. The van der Waals surface area contributed by atoms with Crippen LogP contribution in [-0.4, -0.2) is 36.1 Å². The highest BCUT2D eigenvalue weighted by Gasteiger charge is 2.34. The number of likely N-dealkylation sites (tertiary alicyclic amines) is 1. The van der Waals surface area contributed by atoms with Crippen LogP contribution in [0.4, 0.5) is 0 Å². The smallest absolute Gasteiger partial charge is 0.103 e. The van der Waals surface area contributed by atoms with Crippen LogP contribution in [0.25, 0.3) is 0 Å². The van der Waals surface area contributed by atoms with Gasteiger partial charge < -0.3 is 4.90 Å². The molecule has 0 bridgehead atoms. The monoisotopic (exact) mass is 277 g/mol. The molecule has 20 heavy (non-hydrogen) atoms. The van der Waals surface area contributed by atoms with Crippen LogP contribution in [0, 0.1) is 17.2 Å². The van der Waals surface area contributed by atoms with E-state index in [0.29, 0.717) is 0 Å². The van der Waals surface area contributed by atoms with E-state index in [1.54, 1.807) is 0 Å². The second-order valence-electron chi connectivity index (χ2n) is 6.87. The van der Waals surface area contributed by atoms with E-state index in [1.165, 1.54) is 51.6 Å². The number of hydrogen-bond donors (Lipinski definition) is 1. The van der Waals surface area contributed by atoms with Gasteiger partial charge in [0.2, 0.25) is 0 Å². The molecule has 0 spiro atoms. The lowest BCUT2D eigenvalue weighted by molar-refractivity contribution is 0.110. The van der Waals surface area contributed by atoms with Gasteiger partial charge in [0, 0.05) is 6.04 Å². The van der Waals surface area contributed by atoms with E-state index in [-0.39, 0.29) is 5.54 Å². The van der Waals surface area contributed by atoms with Crippen molar-refractivity contribution < 1.29 is 0 Å². The average Bonchev–Trinajstić information content (AvgIpc) is 2.93. The van der Waals surface area contributed by atoms with Crippen molar-refractivity contribution in [2.75, 3.05) is 19.6 Å². The summed E-state index contributed by atoms with van der Waals surface area (Å²) in [5, 5.41) is 12.6. The molecule has 2 aliphatic rings. The molecule has 0 aromatic carbocycles. The van der Waals surface area contributed by atoms with E-state index in [1.807, 2.05) is 6.92 Å². The molecule has 0 aromatic rings. The van der Waals surface area contributed by atoms with Gasteiger partial charge in [0.25, 0.3) is 0 Å². The molecule has 0 radical (unpaired) electrons. The Labute approximate surface area is 124 Å². The first-order valence-electron chi connectivity index (χ1n) is 8.59. The van der Waals surface area contributed by atoms with Gasteiger partial charge >= 0.3 is 0 Å². The molecule has 0 amide bonds. The maximum atomic E-state index is 9.26. The summed E-state index contributed by atoms with van der Waals surface area (Å²) in [6, 6.07) is 3.32.